The van der Waals surface area contributed by atoms with E-state index >= 15 is 0 Å². The molecule has 160 valence electrons. The maximum absolute atomic E-state index is 14.0. The molecule has 0 spiro atoms. The van der Waals surface area contributed by atoms with E-state index in [1.807, 2.05) is 13.8 Å². The van der Waals surface area contributed by atoms with E-state index in [-0.39, 0.29) is 11.8 Å². The lowest BCUT2D eigenvalue weighted by molar-refractivity contribution is 0.0468. The van der Waals surface area contributed by atoms with E-state index in [2.05, 4.69) is 0 Å². The average molecular weight is 426 g/mol. The molecule has 32 heavy (non-hydrogen) atoms. The van der Waals surface area contributed by atoms with Crippen molar-refractivity contribution in [2.24, 2.45) is 5.92 Å². The number of imide groups is 1. The first-order chi connectivity index (χ1) is 15.3. The van der Waals surface area contributed by atoms with E-state index in [4.69, 9.17) is 11.5 Å². The van der Waals surface area contributed by atoms with Crippen LogP contribution in [0.3, 0.4) is 0 Å². The van der Waals surface area contributed by atoms with Gasteiger partial charge in [0.15, 0.2) is 0 Å². The molecule has 0 fully saturated rings. The van der Waals surface area contributed by atoms with Crippen molar-refractivity contribution in [1.82, 2.24) is 9.47 Å². The summed E-state index contributed by atoms with van der Waals surface area (Å²) in [5, 5.41) is 1.57. The maximum atomic E-state index is 14.0. The zero-order valence-corrected chi connectivity index (χ0v) is 17.7. The van der Waals surface area contributed by atoms with Crippen LogP contribution >= 0.6 is 0 Å². The number of carbonyl (C=O) groups excluding carboxylic acids is 3. The SMILES string of the molecule is CC(C)[C@@H](C(=O)n1c2ccc(N)cc2c2cc(N)ccc21)N1C(=O)c2ccccc2C1=O. The van der Waals surface area contributed by atoms with Gasteiger partial charge in [-0.05, 0) is 54.4 Å². The number of benzene rings is 3. The van der Waals surface area contributed by atoms with E-state index in [1.165, 1.54) is 0 Å². The molecule has 0 saturated heterocycles. The van der Waals surface area contributed by atoms with Gasteiger partial charge in [0, 0.05) is 22.1 Å². The molecular formula is C25H22N4O3. The van der Waals surface area contributed by atoms with Gasteiger partial charge >= 0.3 is 0 Å². The van der Waals surface area contributed by atoms with E-state index < -0.39 is 17.9 Å². The molecule has 1 aromatic heterocycles. The molecule has 2 heterocycles. The number of hydrogen-bond acceptors (Lipinski definition) is 5. The molecule has 0 bridgehead atoms. The summed E-state index contributed by atoms with van der Waals surface area (Å²) in [5.74, 6) is -1.57. The van der Waals surface area contributed by atoms with Crippen LogP contribution in [0.5, 0.6) is 0 Å². The van der Waals surface area contributed by atoms with Gasteiger partial charge < -0.3 is 11.5 Å². The van der Waals surface area contributed by atoms with Crippen LogP contribution in [0.15, 0.2) is 60.7 Å². The minimum absolute atomic E-state index is 0.306. The minimum atomic E-state index is -0.976. The fourth-order valence-corrected chi connectivity index (χ4v) is 4.58. The lowest BCUT2D eigenvalue weighted by Gasteiger charge is -2.28. The number of nitrogens with zero attached hydrogens (tertiary/aromatic N) is 2. The smallest absolute Gasteiger partial charge is 0.262 e. The Kier molecular flexibility index (Phi) is 4.30. The van der Waals surface area contributed by atoms with Crippen LogP contribution in [-0.2, 0) is 0 Å². The van der Waals surface area contributed by atoms with Crippen LogP contribution in [0.2, 0.25) is 0 Å². The van der Waals surface area contributed by atoms with Gasteiger partial charge in [0.1, 0.15) is 6.04 Å². The Hall–Kier alpha value is -4.13. The monoisotopic (exact) mass is 426 g/mol. The number of nitrogen functional groups attached to an aromatic ring is 2. The summed E-state index contributed by atoms with van der Waals surface area (Å²) in [6.45, 7) is 3.66. The van der Waals surface area contributed by atoms with E-state index in [0.29, 0.717) is 33.5 Å². The molecule has 4 N–H and O–H groups in total. The minimum Gasteiger partial charge on any atom is -0.399 e. The fraction of sp³-hybridized carbons (Fsp3) is 0.160. The lowest BCUT2D eigenvalue weighted by Crippen LogP contribution is -2.49. The van der Waals surface area contributed by atoms with Crippen LogP contribution in [0, 0.1) is 5.92 Å². The highest BCUT2D eigenvalue weighted by molar-refractivity contribution is 6.24. The Balaban J connectivity index is 1.72. The Morgan fingerprint density at radius 1 is 0.781 bits per heavy atom. The van der Waals surface area contributed by atoms with Crippen molar-refractivity contribution in [3.8, 4) is 0 Å². The molecule has 2 amide bonds. The predicted octanol–water partition coefficient (Wildman–Crippen LogP) is 3.92. The second-order valence-electron chi connectivity index (χ2n) is 8.44. The van der Waals surface area contributed by atoms with Crippen molar-refractivity contribution in [2.45, 2.75) is 19.9 Å². The largest absolute Gasteiger partial charge is 0.399 e. The van der Waals surface area contributed by atoms with Crippen molar-refractivity contribution < 1.29 is 14.4 Å². The van der Waals surface area contributed by atoms with E-state index in [0.717, 1.165) is 15.7 Å². The quantitative estimate of drug-likeness (QED) is 0.381. The molecule has 0 unspecified atom stereocenters. The summed E-state index contributed by atoms with van der Waals surface area (Å²) in [6.07, 6.45) is 0. The predicted molar refractivity (Wildman–Crippen MR) is 124 cm³/mol. The van der Waals surface area contributed by atoms with Gasteiger partial charge in [0.05, 0.1) is 22.2 Å². The highest BCUT2D eigenvalue weighted by Crippen LogP contribution is 2.34. The second-order valence-corrected chi connectivity index (χ2v) is 8.44. The zero-order valence-electron chi connectivity index (χ0n) is 17.7. The van der Waals surface area contributed by atoms with Crippen molar-refractivity contribution >= 4 is 50.9 Å². The summed E-state index contributed by atoms with van der Waals surface area (Å²) in [7, 11) is 0. The molecule has 7 heteroatoms. The molecule has 0 aliphatic carbocycles. The molecular weight excluding hydrogens is 404 g/mol. The van der Waals surface area contributed by atoms with Crippen molar-refractivity contribution in [1.29, 1.82) is 0 Å². The summed E-state index contributed by atoms with van der Waals surface area (Å²) in [4.78, 5) is 41.4. The molecule has 4 aromatic rings. The summed E-state index contributed by atoms with van der Waals surface area (Å²) >= 11 is 0. The molecule has 5 rings (SSSR count). The number of aromatic nitrogens is 1. The van der Waals surface area contributed by atoms with Gasteiger partial charge in [-0.15, -0.1) is 0 Å². The highest BCUT2D eigenvalue weighted by Gasteiger charge is 2.44. The number of rotatable bonds is 3. The third-order valence-electron chi connectivity index (χ3n) is 6.02. The lowest BCUT2D eigenvalue weighted by atomic mass is 10.0. The first-order valence-electron chi connectivity index (χ1n) is 10.4. The van der Waals surface area contributed by atoms with Gasteiger partial charge in [-0.25, -0.2) is 0 Å². The molecule has 0 radical (unpaired) electrons. The Bertz CT molecular complexity index is 1360. The number of hydrogen-bond donors (Lipinski definition) is 2. The number of fused-ring (bicyclic) bond motifs is 4. The molecule has 1 aliphatic rings. The van der Waals surface area contributed by atoms with E-state index in [9.17, 15) is 14.4 Å². The van der Waals surface area contributed by atoms with Crippen LogP contribution < -0.4 is 11.5 Å². The molecule has 7 nitrogen and oxygen atoms in total. The molecule has 3 aromatic carbocycles. The molecule has 0 saturated carbocycles. The normalized spacial score (nSPS) is 14.5. The van der Waals surface area contributed by atoms with Crippen molar-refractivity contribution in [3.05, 3.63) is 71.8 Å². The number of amides is 2. The number of carbonyl (C=O) groups is 3. The van der Waals surface area contributed by atoms with Crippen LogP contribution in [0.4, 0.5) is 11.4 Å². The average Bonchev–Trinajstić information content (AvgIpc) is 3.20. The van der Waals surface area contributed by atoms with Gasteiger partial charge in [0.25, 0.3) is 17.7 Å². The van der Waals surface area contributed by atoms with Crippen LogP contribution in [-0.4, -0.2) is 33.2 Å². The Labute approximate surface area is 184 Å². The third-order valence-corrected chi connectivity index (χ3v) is 6.02. The van der Waals surface area contributed by atoms with E-state index in [1.54, 1.807) is 65.2 Å². The topological polar surface area (TPSA) is 111 Å². The van der Waals surface area contributed by atoms with Crippen molar-refractivity contribution in [3.63, 3.8) is 0 Å². The fourth-order valence-electron chi connectivity index (χ4n) is 4.58. The Morgan fingerprint density at radius 2 is 1.25 bits per heavy atom. The first kappa shape index (κ1) is 19.8. The second kappa shape index (κ2) is 6.95. The summed E-state index contributed by atoms with van der Waals surface area (Å²) < 4.78 is 1.57. The third kappa shape index (κ3) is 2.71. The van der Waals surface area contributed by atoms with Crippen molar-refractivity contribution in [2.75, 3.05) is 11.5 Å². The van der Waals surface area contributed by atoms with Crippen LogP contribution in [0.1, 0.15) is 39.4 Å². The standard InChI is InChI=1S/C25H22N4O3/c1-13(2)22(29-23(30)16-5-3-4-6-17(16)24(29)31)25(32)28-20-9-7-14(26)11-18(20)19-12-15(27)8-10-21(19)28/h3-13,22H,26-27H2,1-2H3/t22-/m0/s1. The molecule has 1 aliphatic heterocycles. The number of anilines is 2. The maximum Gasteiger partial charge on any atom is 0.262 e. The first-order valence-corrected chi connectivity index (χ1v) is 10.4. The van der Waals surface area contributed by atoms with Gasteiger partial charge in [-0.3, -0.25) is 23.9 Å². The summed E-state index contributed by atoms with van der Waals surface area (Å²) in [5.41, 5.74) is 15.1. The van der Waals surface area contributed by atoms with Gasteiger partial charge in [0.2, 0.25) is 0 Å². The zero-order chi connectivity index (χ0) is 22.7. The van der Waals surface area contributed by atoms with Gasteiger partial charge in [-0.1, -0.05) is 26.0 Å². The number of nitrogens with two attached hydrogens (primary N) is 2. The Morgan fingerprint density at radius 3 is 1.69 bits per heavy atom. The highest BCUT2D eigenvalue weighted by atomic mass is 16.2. The molecule has 1 atom stereocenters. The van der Waals surface area contributed by atoms with Gasteiger partial charge in [-0.2, -0.15) is 0 Å². The summed E-state index contributed by atoms with van der Waals surface area (Å²) in [6, 6.07) is 16.3. The van der Waals surface area contributed by atoms with Crippen LogP contribution in [0.25, 0.3) is 21.8 Å².